The van der Waals surface area contributed by atoms with Crippen LogP contribution in [0.5, 0.6) is 0 Å². The molecular weight excluding hydrogens is 264 g/mol. The van der Waals surface area contributed by atoms with Crippen LogP contribution in [-0.2, 0) is 12.8 Å². The third-order valence-corrected chi connectivity index (χ3v) is 3.18. The van der Waals surface area contributed by atoms with Gasteiger partial charge in [0, 0.05) is 31.3 Å². The summed E-state index contributed by atoms with van der Waals surface area (Å²) in [6.07, 6.45) is 7.53. The van der Waals surface area contributed by atoms with Crippen LogP contribution in [0, 0.1) is 0 Å². The van der Waals surface area contributed by atoms with Gasteiger partial charge >= 0.3 is 0 Å². The van der Waals surface area contributed by atoms with E-state index in [1.807, 2.05) is 18.3 Å². The molecule has 1 aliphatic heterocycles. The molecular formula is C13H17ClN4O. The van der Waals surface area contributed by atoms with Crippen molar-refractivity contribution >= 4 is 12.4 Å². The predicted molar refractivity (Wildman–Crippen MR) is 73.3 cm³/mol. The lowest BCUT2D eigenvalue weighted by molar-refractivity contribution is 0.360. The van der Waals surface area contributed by atoms with Crippen LogP contribution in [0.15, 0.2) is 29.0 Å². The SMILES string of the molecule is Cl.c1cncc(Cc2noc(CC3CCCN3)n2)c1. The number of halogens is 1. The van der Waals surface area contributed by atoms with E-state index in [2.05, 4.69) is 20.4 Å². The van der Waals surface area contributed by atoms with Crippen LogP contribution < -0.4 is 5.32 Å². The van der Waals surface area contributed by atoms with Gasteiger partial charge in [-0.05, 0) is 31.0 Å². The largest absolute Gasteiger partial charge is 0.339 e. The molecule has 1 unspecified atom stereocenters. The molecule has 19 heavy (non-hydrogen) atoms. The van der Waals surface area contributed by atoms with E-state index in [1.165, 1.54) is 12.8 Å². The zero-order valence-electron chi connectivity index (χ0n) is 10.6. The Morgan fingerprint density at radius 3 is 3.11 bits per heavy atom. The van der Waals surface area contributed by atoms with E-state index in [0.29, 0.717) is 12.5 Å². The molecule has 5 nitrogen and oxygen atoms in total. The van der Waals surface area contributed by atoms with Gasteiger partial charge in [-0.15, -0.1) is 12.4 Å². The highest BCUT2D eigenvalue weighted by molar-refractivity contribution is 5.85. The Labute approximate surface area is 118 Å². The highest BCUT2D eigenvalue weighted by Gasteiger charge is 2.18. The van der Waals surface area contributed by atoms with Gasteiger partial charge in [0.05, 0.1) is 0 Å². The second kappa shape index (κ2) is 6.63. The van der Waals surface area contributed by atoms with Gasteiger partial charge in [0.15, 0.2) is 5.82 Å². The first kappa shape index (κ1) is 14.0. The average Bonchev–Trinajstić information content (AvgIpc) is 3.03. The van der Waals surface area contributed by atoms with Crippen LogP contribution in [0.2, 0.25) is 0 Å². The zero-order valence-corrected chi connectivity index (χ0v) is 11.4. The Bertz CT molecular complexity index is 496. The number of rotatable bonds is 4. The standard InChI is InChI=1S/C13H16N4O.ClH/c1-3-10(9-14-5-1)7-12-16-13(18-17-12)8-11-4-2-6-15-11;/h1,3,5,9,11,15H,2,4,6-8H2;1H. The van der Waals surface area contributed by atoms with Gasteiger partial charge in [-0.1, -0.05) is 11.2 Å². The van der Waals surface area contributed by atoms with Crippen LogP contribution in [-0.4, -0.2) is 27.7 Å². The summed E-state index contributed by atoms with van der Waals surface area (Å²) in [4.78, 5) is 8.50. The van der Waals surface area contributed by atoms with Crippen LogP contribution in [0.4, 0.5) is 0 Å². The maximum Gasteiger partial charge on any atom is 0.228 e. The van der Waals surface area contributed by atoms with Crippen molar-refractivity contribution in [2.75, 3.05) is 6.54 Å². The Morgan fingerprint density at radius 2 is 2.37 bits per heavy atom. The summed E-state index contributed by atoms with van der Waals surface area (Å²) in [7, 11) is 0. The lowest BCUT2D eigenvalue weighted by Crippen LogP contribution is -2.23. The third-order valence-electron chi connectivity index (χ3n) is 3.18. The predicted octanol–water partition coefficient (Wildman–Crippen LogP) is 1.77. The molecule has 1 saturated heterocycles. The van der Waals surface area contributed by atoms with Crippen LogP contribution in [0.3, 0.4) is 0 Å². The summed E-state index contributed by atoms with van der Waals surface area (Å²) in [5.41, 5.74) is 1.10. The Morgan fingerprint density at radius 1 is 1.42 bits per heavy atom. The molecule has 1 fully saturated rings. The smallest absolute Gasteiger partial charge is 0.228 e. The molecule has 0 saturated carbocycles. The molecule has 2 aromatic rings. The minimum Gasteiger partial charge on any atom is -0.339 e. The summed E-state index contributed by atoms with van der Waals surface area (Å²) in [5.74, 6) is 1.46. The molecule has 0 aromatic carbocycles. The van der Waals surface area contributed by atoms with Crippen molar-refractivity contribution in [2.24, 2.45) is 0 Å². The van der Waals surface area contributed by atoms with Gasteiger partial charge < -0.3 is 9.84 Å². The van der Waals surface area contributed by atoms with Crippen molar-refractivity contribution in [2.45, 2.75) is 31.7 Å². The number of pyridine rings is 1. The summed E-state index contributed by atoms with van der Waals surface area (Å²) >= 11 is 0. The van der Waals surface area contributed by atoms with E-state index < -0.39 is 0 Å². The van der Waals surface area contributed by atoms with Gasteiger partial charge in [0.1, 0.15) is 0 Å². The lowest BCUT2D eigenvalue weighted by Gasteiger charge is -2.04. The summed E-state index contributed by atoms with van der Waals surface area (Å²) in [6.45, 7) is 1.10. The van der Waals surface area contributed by atoms with E-state index in [1.54, 1.807) is 6.20 Å². The first-order valence-electron chi connectivity index (χ1n) is 6.34. The molecule has 3 heterocycles. The Kier molecular flexibility index (Phi) is 4.87. The van der Waals surface area contributed by atoms with Gasteiger partial charge in [0.2, 0.25) is 5.89 Å². The fraction of sp³-hybridized carbons (Fsp3) is 0.462. The normalized spacial score (nSPS) is 18.2. The number of nitrogens with one attached hydrogen (secondary N) is 1. The van der Waals surface area contributed by atoms with E-state index in [9.17, 15) is 0 Å². The van der Waals surface area contributed by atoms with E-state index in [-0.39, 0.29) is 12.4 Å². The average molecular weight is 281 g/mol. The minimum absolute atomic E-state index is 0. The van der Waals surface area contributed by atoms with Crippen molar-refractivity contribution in [3.05, 3.63) is 41.8 Å². The molecule has 3 rings (SSSR count). The minimum atomic E-state index is 0. The van der Waals surface area contributed by atoms with Gasteiger partial charge in [-0.25, -0.2) is 0 Å². The van der Waals surface area contributed by atoms with Crippen LogP contribution >= 0.6 is 12.4 Å². The lowest BCUT2D eigenvalue weighted by atomic mass is 10.1. The second-order valence-corrected chi connectivity index (χ2v) is 4.64. The fourth-order valence-corrected chi connectivity index (χ4v) is 2.27. The van der Waals surface area contributed by atoms with E-state index in [4.69, 9.17) is 4.52 Å². The van der Waals surface area contributed by atoms with Crippen molar-refractivity contribution in [1.29, 1.82) is 0 Å². The second-order valence-electron chi connectivity index (χ2n) is 4.64. The van der Waals surface area contributed by atoms with E-state index in [0.717, 1.165) is 30.2 Å². The van der Waals surface area contributed by atoms with Crippen LogP contribution in [0.1, 0.15) is 30.1 Å². The topological polar surface area (TPSA) is 63.8 Å². The molecule has 0 bridgehead atoms. The van der Waals surface area contributed by atoms with Crippen molar-refractivity contribution < 1.29 is 4.52 Å². The molecule has 1 N–H and O–H groups in total. The third kappa shape index (κ3) is 3.75. The molecule has 0 amide bonds. The zero-order chi connectivity index (χ0) is 12.2. The number of nitrogens with zero attached hydrogens (tertiary/aromatic N) is 3. The first-order chi connectivity index (χ1) is 8.90. The summed E-state index contributed by atoms with van der Waals surface area (Å²) in [5, 5.41) is 7.44. The Hall–Kier alpha value is -1.46. The highest BCUT2D eigenvalue weighted by Crippen LogP contribution is 2.12. The van der Waals surface area contributed by atoms with Crippen molar-refractivity contribution in [3.8, 4) is 0 Å². The van der Waals surface area contributed by atoms with Gasteiger partial charge in [-0.3, -0.25) is 4.98 Å². The highest BCUT2D eigenvalue weighted by atomic mass is 35.5. The van der Waals surface area contributed by atoms with Gasteiger partial charge in [-0.2, -0.15) is 4.98 Å². The first-order valence-corrected chi connectivity index (χ1v) is 6.34. The maximum absolute atomic E-state index is 5.28. The number of hydrogen-bond acceptors (Lipinski definition) is 5. The molecule has 1 aliphatic rings. The summed E-state index contributed by atoms with van der Waals surface area (Å²) in [6, 6.07) is 4.43. The number of hydrogen-bond donors (Lipinski definition) is 1. The summed E-state index contributed by atoms with van der Waals surface area (Å²) < 4.78 is 5.28. The monoisotopic (exact) mass is 280 g/mol. The van der Waals surface area contributed by atoms with Gasteiger partial charge in [0.25, 0.3) is 0 Å². The Balaban J connectivity index is 0.00000133. The fourth-order valence-electron chi connectivity index (χ4n) is 2.27. The molecule has 0 spiro atoms. The number of aromatic nitrogens is 3. The van der Waals surface area contributed by atoms with Crippen molar-refractivity contribution in [3.63, 3.8) is 0 Å². The quantitative estimate of drug-likeness (QED) is 0.925. The van der Waals surface area contributed by atoms with Crippen molar-refractivity contribution in [1.82, 2.24) is 20.4 Å². The molecule has 102 valence electrons. The molecule has 1 atom stereocenters. The van der Waals surface area contributed by atoms with Crippen LogP contribution in [0.25, 0.3) is 0 Å². The maximum atomic E-state index is 5.28. The van der Waals surface area contributed by atoms with E-state index >= 15 is 0 Å². The molecule has 0 radical (unpaired) electrons. The molecule has 0 aliphatic carbocycles. The molecule has 6 heteroatoms. The molecule has 2 aromatic heterocycles.